The number of fused-ring (bicyclic) bond motifs is 2. The number of benzene rings is 2. The standard InChI is InChI=1S/C17H11N3O/c21-16-8-6-11-9-12(5-7-14(11)20-16)17-13-3-1-2-4-15(13)18-10-19-17/h1-10H,(H,20,21). The lowest BCUT2D eigenvalue weighted by Crippen LogP contribution is -2.02. The third-order valence-corrected chi connectivity index (χ3v) is 3.54. The van der Waals surface area contributed by atoms with Crippen LogP contribution in [0, 0.1) is 0 Å². The molecule has 0 spiro atoms. The molecule has 0 aliphatic carbocycles. The zero-order chi connectivity index (χ0) is 14.2. The van der Waals surface area contributed by atoms with Gasteiger partial charge in [-0.1, -0.05) is 24.3 Å². The van der Waals surface area contributed by atoms with Gasteiger partial charge in [-0.2, -0.15) is 0 Å². The molecule has 0 saturated carbocycles. The highest BCUT2D eigenvalue weighted by atomic mass is 16.1. The van der Waals surface area contributed by atoms with E-state index in [0.717, 1.165) is 33.1 Å². The number of aromatic nitrogens is 3. The maximum atomic E-state index is 11.3. The summed E-state index contributed by atoms with van der Waals surface area (Å²) in [6, 6.07) is 17.2. The van der Waals surface area contributed by atoms with Crippen LogP contribution in [-0.2, 0) is 0 Å². The van der Waals surface area contributed by atoms with Crippen molar-refractivity contribution in [2.75, 3.05) is 0 Å². The van der Waals surface area contributed by atoms with Gasteiger partial charge in [0.15, 0.2) is 0 Å². The van der Waals surface area contributed by atoms with E-state index in [1.54, 1.807) is 6.33 Å². The van der Waals surface area contributed by atoms with Crippen LogP contribution in [-0.4, -0.2) is 15.0 Å². The Balaban J connectivity index is 2.00. The van der Waals surface area contributed by atoms with E-state index in [-0.39, 0.29) is 5.56 Å². The molecule has 4 heteroatoms. The quantitative estimate of drug-likeness (QED) is 0.579. The summed E-state index contributed by atoms with van der Waals surface area (Å²) in [5.74, 6) is 0. The monoisotopic (exact) mass is 273 g/mol. The molecule has 0 atom stereocenters. The number of hydrogen-bond donors (Lipinski definition) is 1. The SMILES string of the molecule is O=c1ccc2cc(-c3ncnc4ccccc34)ccc2[nH]1. The molecule has 0 bridgehead atoms. The molecular weight excluding hydrogens is 262 g/mol. The molecule has 0 unspecified atom stereocenters. The summed E-state index contributed by atoms with van der Waals surface area (Å²) in [4.78, 5) is 22.9. The fraction of sp³-hybridized carbons (Fsp3) is 0. The number of pyridine rings is 1. The largest absolute Gasteiger partial charge is 0.322 e. The smallest absolute Gasteiger partial charge is 0.248 e. The maximum Gasteiger partial charge on any atom is 0.248 e. The fourth-order valence-corrected chi connectivity index (χ4v) is 2.54. The molecular formula is C17H11N3O. The number of nitrogens with zero attached hydrogens (tertiary/aromatic N) is 2. The van der Waals surface area contributed by atoms with E-state index in [2.05, 4.69) is 15.0 Å². The van der Waals surface area contributed by atoms with Gasteiger partial charge in [-0.15, -0.1) is 0 Å². The predicted octanol–water partition coefficient (Wildman–Crippen LogP) is 3.14. The summed E-state index contributed by atoms with van der Waals surface area (Å²) in [7, 11) is 0. The lowest BCUT2D eigenvalue weighted by Gasteiger charge is -2.06. The van der Waals surface area contributed by atoms with Gasteiger partial charge in [-0.25, -0.2) is 9.97 Å². The summed E-state index contributed by atoms with van der Waals surface area (Å²) in [6.07, 6.45) is 1.58. The highest BCUT2D eigenvalue weighted by Gasteiger charge is 2.06. The van der Waals surface area contributed by atoms with E-state index in [1.165, 1.54) is 6.07 Å². The molecule has 0 saturated heterocycles. The summed E-state index contributed by atoms with van der Waals surface area (Å²) in [5, 5.41) is 2.00. The molecule has 0 aliphatic rings. The van der Waals surface area contributed by atoms with Gasteiger partial charge in [-0.05, 0) is 29.7 Å². The van der Waals surface area contributed by atoms with Crippen LogP contribution >= 0.6 is 0 Å². The summed E-state index contributed by atoms with van der Waals surface area (Å²) < 4.78 is 0. The van der Waals surface area contributed by atoms with Gasteiger partial charge in [0, 0.05) is 22.5 Å². The second kappa shape index (κ2) is 4.52. The van der Waals surface area contributed by atoms with Gasteiger partial charge in [0.1, 0.15) is 6.33 Å². The van der Waals surface area contributed by atoms with E-state index in [0.29, 0.717) is 0 Å². The molecule has 4 aromatic rings. The lowest BCUT2D eigenvalue weighted by atomic mass is 10.0. The number of para-hydroxylation sites is 1. The van der Waals surface area contributed by atoms with Crippen LogP contribution < -0.4 is 5.56 Å². The first-order valence-electron chi connectivity index (χ1n) is 6.64. The van der Waals surface area contributed by atoms with Crippen LogP contribution in [0.3, 0.4) is 0 Å². The Morgan fingerprint density at radius 1 is 0.905 bits per heavy atom. The van der Waals surface area contributed by atoms with Crippen molar-refractivity contribution in [3.8, 4) is 11.3 Å². The first-order chi connectivity index (χ1) is 10.3. The van der Waals surface area contributed by atoms with Gasteiger partial charge in [0.25, 0.3) is 0 Å². The molecule has 100 valence electrons. The summed E-state index contributed by atoms with van der Waals surface area (Å²) >= 11 is 0. The highest BCUT2D eigenvalue weighted by molar-refractivity contribution is 5.94. The van der Waals surface area contributed by atoms with Crippen LogP contribution in [0.4, 0.5) is 0 Å². The molecule has 4 rings (SSSR count). The second-order valence-corrected chi connectivity index (χ2v) is 4.86. The van der Waals surface area contributed by atoms with Crippen molar-refractivity contribution in [3.05, 3.63) is 71.3 Å². The number of aromatic amines is 1. The minimum absolute atomic E-state index is 0.0947. The van der Waals surface area contributed by atoms with Gasteiger partial charge in [0.2, 0.25) is 5.56 Å². The van der Waals surface area contributed by atoms with Crippen molar-refractivity contribution in [1.82, 2.24) is 15.0 Å². The average molecular weight is 273 g/mol. The molecule has 0 radical (unpaired) electrons. The zero-order valence-corrected chi connectivity index (χ0v) is 11.1. The number of hydrogen-bond acceptors (Lipinski definition) is 3. The molecule has 0 fully saturated rings. The van der Waals surface area contributed by atoms with Crippen molar-refractivity contribution in [3.63, 3.8) is 0 Å². The number of rotatable bonds is 1. The van der Waals surface area contributed by atoms with E-state index >= 15 is 0 Å². The van der Waals surface area contributed by atoms with Gasteiger partial charge in [-0.3, -0.25) is 4.79 Å². The molecule has 21 heavy (non-hydrogen) atoms. The number of H-pyrrole nitrogens is 1. The first kappa shape index (κ1) is 11.8. The molecule has 0 amide bonds. The molecule has 2 heterocycles. The van der Waals surface area contributed by atoms with Crippen molar-refractivity contribution in [2.24, 2.45) is 0 Å². The Labute approximate surface area is 120 Å². The highest BCUT2D eigenvalue weighted by Crippen LogP contribution is 2.27. The van der Waals surface area contributed by atoms with E-state index in [4.69, 9.17) is 0 Å². The Bertz CT molecular complexity index is 1020. The van der Waals surface area contributed by atoms with Crippen LogP contribution in [0.1, 0.15) is 0 Å². The van der Waals surface area contributed by atoms with Gasteiger partial charge in [0.05, 0.1) is 11.2 Å². The van der Waals surface area contributed by atoms with Gasteiger partial charge < -0.3 is 4.98 Å². The van der Waals surface area contributed by atoms with Crippen molar-refractivity contribution < 1.29 is 0 Å². The second-order valence-electron chi connectivity index (χ2n) is 4.86. The van der Waals surface area contributed by atoms with Crippen molar-refractivity contribution in [1.29, 1.82) is 0 Å². The minimum atomic E-state index is -0.0947. The summed E-state index contributed by atoms with van der Waals surface area (Å²) in [5.41, 5.74) is 3.55. The Morgan fingerprint density at radius 2 is 1.81 bits per heavy atom. The molecule has 2 aromatic heterocycles. The van der Waals surface area contributed by atoms with Crippen molar-refractivity contribution in [2.45, 2.75) is 0 Å². The Hall–Kier alpha value is -3.01. The Kier molecular flexibility index (Phi) is 2.54. The number of nitrogens with one attached hydrogen (secondary N) is 1. The van der Waals surface area contributed by atoms with E-state index in [1.807, 2.05) is 48.5 Å². The van der Waals surface area contributed by atoms with Gasteiger partial charge >= 0.3 is 0 Å². The van der Waals surface area contributed by atoms with Crippen LogP contribution in [0.2, 0.25) is 0 Å². The van der Waals surface area contributed by atoms with Crippen LogP contribution in [0.5, 0.6) is 0 Å². The predicted molar refractivity (Wildman–Crippen MR) is 83.1 cm³/mol. The topological polar surface area (TPSA) is 58.6 Å². The zero-order valence-electron chi connectivity index (χ0n) is 11.1. The third kappa shape index (κ3) is 1.97. The average Bonchev–Trinajstić information content (AvgIpc) is 2.54. The van der Waals surface area contributed by atoms with Crippen LogP contribution in [0.15, 0.2) is 65.7 Å². The fourth-order valence-electron chi connectivity index (χ4n) is 2.54. The normalized spacial score (nSPS) is 11.0. The lowest BCUT2D eigenvalue weighted by molar-refractivity contribution is 1.22. The minimum Gasteiger partial charge on any atom is -0.322 e. The summed E-state index contributed by atoms with van der Waals surface area (Å²) in [6.45, 7) is 0. The molecule has 0 aliphatic heterocycles. The first-order valence-corrected chi connectivity index (χ1v) is 6.64. The molecule has 1 N–H and O–H groups in total. The van der Waals surface area contributed by atoms with E-state index in [9.17, 15) is 4.79 Å². The van der Waals surface area contributed by atoms with Crippen LogP contribution in [0.25, 0.3) is 33.1 Å². The molecule has 2 aromatic carbocycles. The third-order valence-electron chi connectivity index (χ3n) is 3.54. The molecule has 4 nitrogen and oxygen atoms in total. The van der Waals surface area contributed by atoms with E-state index < -0.39 is 0 Å². The van der Waals surface area contributed by atoms with Crippen molar-refractivity contribution >= 4 is 21.8 Å². The Morgan fingerprint density at radius 3 is 2.76 bits per heavy atom. The maximum absolute atomic E-state index is 11.3.